The molecule has 0 N–H and O–H groups in total. The first-order chi connectivity index (χ1) is 7.04. The molecule has 0 aromatic carbocycles. The number of fused-ring (bicyclic) bond motifs is 2. The third-order valence-electron chi connectivity index (χ3n) is 3.75. The van der Waals surface area contributed by atoms with Gasteiger partial charge in [0.1, 0.15) is 17.1 Å². The van der Waals surface area contributed by atoms with Crippen LogP contribution in [0.25, 0.3) is 0 Å². The Morgan fingerprint density at radius 2 is 2.20 bits per heavy atom. The summed E-state index contributed by atoms with van der Waals surface area (Å²) >= 11 is 0. The van der Waals surface area contributed by atoms with Crippen molar-refractivity contribution in [3.8, 4) is 0 Å². The molecule has 4 rings (SSSR count). The highest BCUT2D eigenvalue weighted by atomic mass is 16.6. The second-order valence-electron chi connectivity index (χ2n) is 4.84. The predicted molar refractivity (Wildman–Crippen MR) is 49.8 cm³/mol. The van der Waals surface area contributed by atoms with Crippen LogP contribution in [0, 0.1) is 5.41 Å². The Kier molecular flexibility index (Phi) is 1.45. The molecular weight excluding hydrogens is 196 g/mol. The van der Waals surface area contributed by atoms with Gasteiger partial charge < -0.3 is 9.47 Å². The zero-order valence-electron chi connectivity index (χ0n) is 8.49. The molecule has 1 aliphatic carbocycles. The minimum absolute atomic E-state index is 0.240. The highest BCUT2D eigenvalue weighted by molar-refractivity contribution is 5.90. The zero-order valence-corrected chi connectivity index (χ0v) is 8.49. The SMILES string of the molecule is CC12CCC3(C=CC(=O)OC3C1)C(=O)O2. The van der Waals surface area contributed by atoms with Gasteiger partial charge in [0, 0.05) is 12.5 Å². The second-order valence-corrected chi connectivity index (χ2v) is 4.84. The largest absolute Gasteiger partial charge is 0.458 e. The van der Waals surface area contributed by atoms with Crippen molar-refractivity contribution in [2.45, 2.75) is 37.9 Å². The third kappa shape index (κ3) is 1.02. The smallest absolute Gasteiger partial charge is 0.330 e. The van der Waals surface area contributed by atoms with Crippen molar-refractivity contribution in [1.29, 1.82) is 0 Å². The minimum atomic E-state index is -0.689. The summed E-state index contributed by atoms with van der Waals surface area (Å²) in [6.45, 7) is 1.90. The van der Waals surface area contributed by atoms with E-state index in [1.165, 1.54) is 6.08 Å². The number of rotatable bonds is 0. The third-order valence-corrected chi connectivity index (χ3v) is 3.75. The molecule has 1 spiro atoms. The predicted octanol–water partition coefficient (Wildman–Crippen LogP) is 0.954. The zero-order chi connectivity index (χ0) is 10.7. The lowest BCUT2D eigenvalue weighted by Gasteiger charge is -2.53. The Balaban J connectivity index is 2.08. The van der Waals surface area contributed by atoms with E-state index in [0.717, 1.165) is 12.8 Å². The van der Waals surface area contributed by atoms with Crippen molar-refractivity contribution >= 4 is 11.9 Å². The molecule has 3 aliphatic heterocycles. The molecule has 0 radical (unpaired) electrons. The summed E-state index contributed by atoms with van der Waals surface area (Å²) < 4.78 is 10.6. The van der Waals surface area contributed by atoms with Gasteiger partial charge in [0.05, 0.1) is 0 Å². The van der Waals surface area contributed by atoms with E-state index in [1.807, 2.05) is 6.92 Å². The lowest BCUT2D eigenvalue weighted by molar-refractivity contribution is -0.221. The lowest BCUT2D eigenvalue weighted by Crippen LogP contribution is -2.61. The van der Waals surface area contributed by atoms with Crippen molar-refractivity contribution in [2.24, 2.45) is 5.41 Å². The van der Waals surface area contributed by atoms with E-state index < -0.39 is 11.0 Å². The molecular formula is C11H12O4. The number of carbonyl (C=O) groups is 2. The van der Waals surface area contributed by atoms with Gasteiger partial charge in [0.2, 0.25) is 0 Å². The highest BCUT2D eigenvalue weighted by Crippen LogP contribution is 2.52. The molecule has 1 saturated carbocycles. The first-order valence-electron chi connectivity index (χ1n) is 5.17. The first kappa shape index (κ1) is 8.95. The average molecular weight is 208 g/mol. The van der Waals surface area contributed by atoms with Gasteiger partial charge in [-0.1, -0.05) is 6.08 Å². The molecule has 4 heteroatoms. The topological polar surface area (TPSA) is 52.6 Å². The number of esters is 2. The number of carbonyl (C=O) groups excluding carboxylic acids is 2. The molecule has 0 amide bonds. The standard InChI is InChI=1S/C11H12O4/c1-10-4-5-11(9(13)15-10)3-2-8(12)14-7(11)6-10/h2-3,7H,4-6H2,1H3. The maximum atomic E-state index is 11.9. The fraction of sp³-hybridized carbons (Fsp3) is 0.636. The summed E-state index contributed by atoms with van der Waals surface area (Å²) in [4.78, 5) is 23.0. The van der Waals surface area contributed by atoms with Gasteiger partial charge in [0.15, 0.2) is 0 Å². The van der Waals surface area contributed by atoms with Crippen molar-refractivity contribution in [3.63, 3.8) is 0 Å². The highest BCUT2D eigenvalue weighted by Gasteiger charge is 2.61. The van der Waals surface area contributed by atoms with Crippen molar-refractivity contribution in [3.05, 3.63) is 12.2 Å². The molecule has 80 valence electrons. The van der Waals surface area contributed by atoms with Gasteiger partial charge in [-0.15, -0.1) is 0 Å². The van der Waals surface area contributed by atoms with Crippen LogP contribution >= 0.6 is 0 Å². The van der Waals surface area contributed by atoms with Crippen molar-refractivity contribution in [2.75, 3.05) is 0 Å². The molecule has 15 heavy (non-hydrogen) atoms. The van der Waals surface area contributed by atoms with Crippen LogP contribution in [-0.2, 0) is 19.1 Å². The van der Waals surface area contributed by atoms with Crippen LogP contribution in [0.1, 0.15) is 26.2 Å². The first-order valence-corrected chi connectivity index (χ1v) is 5.17. The van der Waals surface area contributed by atoms with Gasteiger partial charge in [0.25, 0.3) is 0 Å². The van der Waals surface area contributed by atoms with E-state index in [9.17, 15) is 9.59 Å². The summed E-state index contributed by atoms with van der Waals surface area (Å²) in [6.07, 6.45) is 4.87. The molecule has 3 heterocycles. The molecule has 0 aromatic rings. The van der Waals surface area contributed by atoms with E-state index in [2.05, 4.69) is 0 Å². The maximum absolute atomic E-state index is 11.9. The Hall–Kier alpha value is -1.32. The van der Waals surface area contributed by atoms with E-state index in [-0.39, 0.29) is 18.0 Å². The van der Waals surface area contributed by atoms with Crippen LogP contribution in [0.15, 0.2) is 12.2 Å². The number of ether oxygens (including phenoxy) is 2. The summed E-state index contributed by atoms with van der Waals surface area (Å²) in [6, 6.07) is 0. The van der Waals surface area contributed by atoms with Crippen LogP contribution < -0.4 is 0 Å². The van der Waals surface area contributed by atoms with Gasteiger partial charge in [-0.2, -0.15) is 0 Å². The van der Waals surface area contributed by atoms with E-state index in [4.69, 9.17) is 9.47 Å². The molecule has 2 bridgehead atoms. The fourth-order valence-corrected chi connectivity index (χ4v) is 2.76. The monoisotopic (exact) mass is 208 g/mol. The van der Waals surface area contributed by atoms with E-state index in [0.29, 0.717) is 6.42 Å². The molecule has 4 aliphatic rings. The Morgan fingerprint density at radius 3 is 2.93 bits per heavy atom. The molecule has 0 aromatic heterocycles. The van der Waals surface area contributed by atoms with Gasteiger partial charge in [-0.05, 0) is 19.8 Å². The van der Waals surface area contributed by atoms with Crippen LogP contribution in [0.5, 0.6) is 0 Å². The normalized spacial score (nSPS) is 47.1. The maximum Gasteiger partial charge on any atom is 0.330 e. The van der Waals surface area contributed by atoms with E-state index in [1.54, 1.807) is 6.08 Å². The summed E-state index contributed by atoms with van der Waals surface area (Å²) in [5, 5.41) is 0. The Bertz CT molecular complexity index is 386. The summed E-state index contributed by atoms with van der Waals surface area (Å²) in [5.41, 5.74) is -1.12. The molecule has 3 fully saturated rings. The van der Waals surface area contributed by atoms with Crippen LogP contribution in [0.2, 0.25) is 0 Å². The fourth-order valence-electron chi connectivity index (χ4n) is 2.76. The van der Waals surface area contributed by atoms with Crippen molar-refractivity contribution < 1.29 is 19.1 Å². The van der Waals surface area contributed by atoms with Crippen LogP contribution in [0.3, 0.4) is 0 Å². The van der Waals surface area contributed by atoms with Crippen molar-refractivity contribution in [1.82, 2.24) is 0 Å². The number of hydrogen-bond acceptors (Lipinski definition) is 4. The summed E-state index contributed by atoms with van der Waals surface area (Å²) in [7, 11) is 0. The van der Waals surface area contributed by atoms with E-state index >= 15 is 0 Å². The molecule has 2 saturated heterocycles. The second kappa shape index (κ2) is 2.43. The number of hydrogen-bond donors (Lipinski definition) is 0. The lowest BCUT2D eigenvalue weighted by atomic mass is 9.63. The quantitative estimate of drug-likeness (QED) is 0.556. The van der Waals surface area contributed by atoms with Gasteiger partial charge in [-0.3, -0.25) is 4.79 Å². The Morgan fingerprint density at radius 1 is 1.40 bits per heavy atom. The molecule has 4 nitrogen and oxygen atoms in total. The van der Waals surface area contributed by atoms with Gasteiger partial charge in [-0.25, -0.2) is 4.79 Å². The van der Waals surface area contributed by atoms with Crippen LogP contribution in [0.4, 0.5) is 0 Å². The minimum Gasteiger partial charge on any atom is -0.458 e. The van der Waals surface area contributed by atoms with Gasteiger partial charge >= 0.3 is 11.9 Å². The summed E-state index contributed by atoms with van der Waals surface area (Å²) in [5.74, 6) is -0.592. The average Bonchev–Trinajstić information content (AvgIpc) is 2.15. The molecule has 3 atom stereocenters. The Labute approximate surface area is 87.2 Å². The molecule has 3 unspecified atom stereocenters. The van der Waals surface area contributed by atoms with Crippen LogP contribution in [-0.4, -0.2) is 23.6 Å².